The minimum Gasteiger partial charge on any atom is -0.459 e. The summed E-state index contributed by atoms with van der Waals surface area (Å²) in [5.74, 6) is -0.285. The highest BCUT2D eigenvalue weighted by Crippen LogP contribution is 2.31. The van der Waals surface area contributed by atoms with Crippen molar-refractivity contribution < 1.29 is 31.7 Å². The number of alkyl halides is 3. The number of piperazine rings is 1. The van der Waals surface area contributed by atoms with E-state index in [-0.39, 0.29) is 47.3 Å². The van der Waals surface area contributed by atoms with E-state index in [1.54, 1.807) is 21.9 Å². The Hall–Kier alpha value is -3.63. The SMILES string of the molecule is CC1CN(C(=O)Cc2noc(-c3cccc(C(F)(F)F)c3)n2)CCN1C(=O)c1ccco1. The minimum atomic E-state index is -4.49. The van der Waals surface area contributed by atoms with E-state index < -0.39 is 11.7 Å². The minimum absolute atomic E-state index is 0.0733. The first kappa shape index (κ1) is 21.6. The number of rotatable bonds is 4. The fraction of sp³-hybridized carbons (Fsp3) is 0.333. The Labute approximate surface area is 180 Å². The van der Waals surface area contributed by atoms with E-state index >= 15 is 0 Å². The third-order valence-corrected chi connectivity index (χ3v) is 5.19. The summed E-state index contributed by atoms with van der Waals surface area (Å²) in [4.78, 5) is 32.5. The van der Waals surface area contributed by atoms with Crippen LogP contribution in [0.3, 0.4) is 0 Å². The number of carbonyl (C=O) groups excluding carboxylic acids is 2. The second-order valence-corrected chi connectivity index (χ2v) is 7.44. The third kappa shape index (κ3) is 4.51. The standard InChI is InChI=1S/C21H19F3N4O4/c1-13-12-27(7-8-28(13)20(30)16-6-3-9-31-16)18(29)11-17-25-19(32-26-17)14-4-2-5-15(10-14)21(22,23)24/h2-6,9-10,13H,7-8,11-12H2,1H3. The number of aromatic nitrogens is 2. The summed E-state index contributed by atoms with van der Waals surface area (Å²) >= 11 is 0. The molecule has 32 heavy (non-hydrogen) atoms. The predicted octanol–water partition coefficient (Wildman–Crippen LogP) is 3.26. The molecular weight excluding hydrogens is 429 g/mol. The Balaban J connectivity index is 1.38. The van der Waals surface area contributed by atoms with Gasteiger partial charge in [0.25, 0.3) is 11.8 Å². The van der Waals surface area contributed by atoms with Gasteiger partial charge in [0.05, 0.1) is 18.2 Å². The monoisotopic (exact) mass is 448 g/mol. The average Bonchev–Trinajstić information content (AvgIpc) is 3.45. The van der Waals surface area contributed by atoms with Crippen LogP contribution in [0.5, 0.6) is 0 Å². The van der Waals surface area contributed by atoms with Crippen LogP contribution in [0.4, 0.5) is 13.2 Å². The van der Waals surface area contributed by atoms with Crippen molar-refractivity contribution in [3.63, 3.8) is 0 Å². The van der Waals surface area contributed by atoms with E-state index in [1.165, 1.54) is 18.4 Å². The fourth-order valence-electron chi connectivity index (χ4n) is 3.55. The van der Waals surface area contributed by atoms with Crippen LogP contribution in [-0.2, 0) is 17.4 Å². The van der Waals surface area contributed by atoms with Gasteiger partial charge in [-0.15, -0.1) is 0 Å². The first-order chi connectivity index (χ1) is 15.2. The molecule has 1 fully saturated rings. The molecule has 0 spiro atoms. The Morgan fingerprint density at radius 1 is 1.19 bits per heavy atom. The number of carbonyl (C=O) groups is 2. The van der Waals surface area contributed by atoms with Crippen LogP contribution in [0.25, 0.3) is 11.5 Å². The van der Waals surface area contributed by atoms with E-state index in [2.05, 4.69) is 10.1 Å². The maximum Gasteiger partial charge on any atom is 0.416 e. The normalized spacial score (nSPS) is 16.9. The zero-order chi connectivity index (χ0) is 22.9. The molecule has 1 aliphatic heterocycles. The molecule has 3 heterocycles. The van der Waals surface area contributed by atoms with Gasteiger partial charge in [-0.2, -0.15) is 18.2 Å². The smallest absolute Gasteiger partial charge is 0.416 e. The van der Waals surface area contributed by atoms with E-state index in [9.17, 15) is 22.8 Å². The highest BCUT2D eigenvalue weighted by Gasteiger charge is 2.32. The Morgan fingerprint density at radius 3 is 2.69 bits per heavy atom. The second-order valence-electron chi connectivity index (χ2n) is 7.44. The van der Waals surface area contributed by atoms with Crippen LogP contribution >= 0.6 is 0 Å². The van der Waals surface area contributed by atoms with Crippen molar-refractivity contribution >= 4 is 11.8 Å². The van der Waals surface area contributed by atoms with Crippen molar-refractivity contribution in [3.05, 3.63) is 59.8 Å². The van der Waals surface area contributed by atoms with Crippen molar-refractivity contribution in [1.82, 2.24) is 19.9 Å². The molecule has 1 atom stereocenters. The molecule has 0 bridgehead atoms. The van der Waals surface area contributed by atoms with E-state index in [4.69, 9.17) is 8.94 Å². The van der Waals surface area contributed by atoms with Crippen LogP contribution in [0.2, 0.25) is 0 Å². The van der Waals surface area contributed by atoms with Crippen molar-refractivity contribution in [2.75, 3.05) is 19.6 Å². The second kappa shape index (κ2) is 8.48. The molecule has 1 aliphatic rings. The molecule has 4 rings (SSSR count). The number of halogens is 3. The number of hydrogen-bond donors (Lipinski definition) is 0. The maximum atomic E-state index is 12.9. The first-order valence-electron chi connectivity index (χ1n) is 9.85. The topological polar surface area (TPSA) is 92.7 Å². The van der Waals surface area contributed by atoms with Crippen molar-refractivity contribution in [1.29, 1.82) is 0 Å². The summed E-state index contributed by atoms with van der Waals surface area (Å²) in [6.45, 7) is 2.83. The fourth-order valence-corrected chi connectivity index (χ4v) is 3.55. The molecule has 2 aromatic heterocycles. The number of benzene rings is 1. The highest BCUT2D eigenvalue weighted by atomic mass is 19.4. The molecule has 168 valence electrons. The van der Waals surface area contributed by atoms with E-state index in [0.717, 1.165) is 12.1 Å². The Kier molecular flexibility index (Phi) is 5.72. The molecule has 3 aromatic rings. The molecule has 1 aromatic carbocycles. The molecule has 0 radical (unpaired) electrons. The van der Waals surface area contributed by atoms with Gasteiger partial charge in [-0.05, 0) is 37.3 Å². The van der Waals surface area contributed by atoms with Gasteiger partial charge >= 0.3 is 6.18 Å². The molecule has 0 aliphatic carbocycles. The van der Waals surface area contributed by atoms with Gasteiger partial charge in [0.15, 0.2) is 11.6 Å². The van der Waals surface area contributed by atoms with Crippen LogP contribution in [-0.4, -0.2) is 57.4 Å². The largest absolute Gasteiger partial charge is 0.459 e. The average molecular weight is 448 g/mol. The van der Waals surface area contributed by atoms with Crippen molar-refractivity contribution in [2.45, 2.75) is 25.6 Å². The maximum absolute atomic E-state index is 12.9. The molecular formula is C21H19F3N4O4. The van der Waals surface area contributed by atoms with Gasteiger partial charge in [-0.25, -0.2) is 0 Å². The van der Waals surface area contributed by atoms with E-state index in [1.807, 2.05) is 6.92 Å². The molecule has 1 unspecified atom stereocenters. The van der Waals surface area contributed by atoms with E-state index in [0.29, 0.717) is 19.6 Å². The summed E-state index contributed by atoms with van der Waals surface area (Å²) in [6.07, 6.45) is -3.23. The molecule has 1 saturated heterocycles. The Morgan fingerprint density at radius 2 is 2.00 bits per heavy atom. The summed E-state index contributed by atoms with van der Waals surface area (Å²) in [7, 11) is 0. The quantitative estimate of drug-likeness (QED) is 0.608. The Bertz CT molecular complexity index is 1110. The summed E-state index contributed by atoms with van der Waals surface area (Å²) in [5.41, 5.74) is -0.716. The highest BCUT2D eigenvalue weighted by molar-refractivity contribution is 5.92. The number of nitrogens with zero attached hydrogens (tertiary/aromatic N) is 4. The molecule has 11 heteroatoms. The van der Waals surface area contributed by atoms with Gasteiger partial charge in [-0.1, -0.05) is 11.2 Å². The number of amides is 2. The van der Waals surface area contributed by atoms with Crippen LogP contribution in [0.15, 0.2) is 51.6 Å². The van der Waals surface area contributed by atoms with Gasteiger partial charge in [0.1, 0.15) is 0 Å². The lowest BCUT2D eigenvalue weighted by molar-refractivity contribution is -0.137. The van der Waals surface area contributed by atoms with Gasteiger partial charge < -0.3 is 18.7 Å². The van der Waals surface area contributed by atoms with Crippen LogP contribution < -0.4 is 0 Å². The van der Waals surface area contributed by atoms with Gasteiger partial charge in [0.2, 0.25) is 5.91 Å². The van der Waals surface area contributed by atoms with Crippen LogP contribution in [0, 0.1) is 0 Å². The zero-order valence-electron chi connectivity index (χ0n) is 17.0. The first-order valence-corrected chi connectivity index (χ1v) is 9.85. The predicted molar refractivity (Wildman–Crippen MR) is 104 cm³/mol. The lowest BCUT2D eigenvalue weighted by Gasteiger charge is -2.39. The van der Waals surface area contributed by atoms with Crippen molar-refractivity contribution in [3.8, 4) is 11.5 Å². The summed E-state index contributed by atoms with van der Waals surface area (Å²) in [6, 6.07) is 7.53. The third-order valence-electron chi connectivity index (χ3n) is 5.19. The lowest BCUT2D eigenvalue weighted by Crippen LogP contribution is -2.55. The van der Waals surface area contributed by atoms with Crippen molar-refractivity contribution in [2.24, 2.45) is 0 Å². The zero-order valence-corrected chi connectivity index (χ0v) is 17.0. The molecule has 8 nitrogen and oxygen atoms in total. The van der Waals surface area contributed by atoms with Gasteiger partial charge in [-0.3, -0.25) is 9.59 Å². The molecule has 0 N–H and O–H groups in total. The van der Waals surface area contributed by atoms with Crippen LogP contribution in [0.1, 0.15) is 28.9 Å². The van der Waals surface area contributed by atoms with Gasteiger partial charge in [0, 0.05) is 31.2 Å². The summed E-state index contributed by atoms with van der Waals surface area (Å²) < 4.78 is 48.9. The lowest BCUT2D eigenvalue weighted by atomic mass is 10.1. The molecule has 2 amide bonds. The molecule has 0 saturated carbocycles. The number of hydrogen-bond acceptors (Lipinski definition) is 6. The number of furan rings is 1. The summed E-state index contributed by atoms with van der Waals surface area (Å²) in [5, 5.41) is 3.72.